The molecule has 0 saturated carbocycles. The van der Waals surface area contributed by atoms with Crippen molar-refractivity contribution in [2.45, 2.75) is 39.0 Å². The minimum atomic E-state index is -0.915. The van der Waals surface area contributed by atoms with Gasteiger partial charge in [-0.3, -0.25) is 9.59 Å². The lowest BCUT2D eigenvalue weighted by atomic mass is 10.0. The first kappa shape index (κ1) is 14.5. The third-order valence-electron chi connectivity index (χ3n) is 2.66. The molecule has 0 atom stereocenters. The van der Waals surface area contributed by atoms with Gasteiger partial charge in [0.25, 0.3) is 0 Å². The van der Waals surface area contributed by atoms with E-state index in [-0.39, 0.29) is 12.2 Å². The van der Waals surface area contributed by atoms with E-state index in [0.29, 0.717) is 6.42 Å². The van der Waals surface area contributed by atoms with Gasteiger partial charge in [0.15, 0.2) is 5.78 Å². The van der Waals surface area contributed by atoms with E-state index >= 15 is 0 Å². The second kappa shape index (κ2) is 6.99. The molecule has 2 nitrogen and oxygen atoms in total. The van der Waals surface area contributed by atoms with Crippen molar-refractivity contribution in [2.24, 2.45) is 0 Å². The zero-order valence-corrected chi connectivity index (χ0v) is 10.3. The Bertz CT molecular complexity index is 421. The van der Waals surface area contributed by atoms with Crippen LogP contribution in [0.5, 0.6) is 0 Å². The summed E-state index contributed by atoms with van der Waals surface area (Å²) in [4.78, 5) is 23.1. The maximum atomic E-state index is 13.3. The van der Waals surface area contributed by atoms with Gasteiger partial charge in [0.2, 0.25) is 0 Å². The molecule has 4 heteroatoms. The molecule has 0 N–H and O–H groups in total. The van der Waals surface area contributed by atoms with Gasteiger partial charge in [-0.25, -0.2) is 8.78 Å². The number of ketones is 2. The fourth-order valence-corrected chi connectivity index (χ4v) is 1.69. The number of hydrogen-bond acceptors (Lipinski definition) is 2. The highest BCUT2D eigenvalue weighted by Gasteiger charge is 2.19. The van der Waals surface area contributed by atoms with Crippen molar-refractivity contribution < 1.29 is 18.4 Å². The van der Waals surface area contributed by atoms with Crippen LogP contribution in [0, 0.1) is 11.6 Å². The van der Waals surface area contributed by atoms with E-state index in [9.17, 15) is 18.4 Å². The van der Waals surface area contributed by atoms with E-state index in [0.717, 1.165) is 25.0 Å². The van der Waals surface area contributed by atoms with Crippen LogP contribution >= 0.6 is 0 Å². The van der Waals surface area contributed by atoms with Crippen molar-refractivity contribution in [1.29, 1.82) is 0 Å². The standard InChI is InChI=1S/C14H16F2O2/c1-2-3-4-6-10(17)9-13(18)14-11(15)7-5-8-12(14)16/h5,7-8H,2-4,6,9H2,1H3. The van der Waals surface area contributed by atoms with E-state index in [4.69, 9.17) is 0 Å². The van der Waals surface area contributed by atoms with Gasteiger partial charge in [0.1, 0.15) is 17.4 Å². The molecule has 0 amide bonds. The van der Waals surface area contributed by atoms with Crippen LogP contribution in [-0.4, -0.2) is 11.6 Å². The van der Waals surface area contributed by atoms with Crippen molar-refractivity contribution >= 4 is 11.6 Å². The minimum Gasteiger partial charge on any atom is -0.299 e. The molecule has 0 aliphatic rings. The summed E-state index contributed by atoms with van der Waals surface area (Å²) in [6.45, 7) is 2.00. The lowest BCUT2D eigenvalue weighted by molar-refractivity contribution is -0.118. The monoisotopic (exact) mass is 254 g/mol. The second-order valence-electron chi connectivity index (χ2n) is 4.19. The topological polar surface area (TPSA) is 34.1 Å². The van der Waals surface area contributed by atoms with Gasteiger partial charge >= 0.3 is 0 Å². The minimum absolute atomic E-state index is 0.267. The predicted molar refractivity (Wildman–Crippen MR) is 64.5 cm³/mol. The number of Topliss-reactive ketones (excluding diaryl/α,β-unsaturated/α-hetero) is 2. The van der Waals surface area contributed by atoms with Crippen LogP contribution in [0.25, 0.3) is 0 Å². The van der Waals surface area contributed by atoms with Gasteiger partial charge in [-0.15, -0.1) is 0 Å². The third-order valence-corrected chi connectivity index (χ3v) is 2.66. The van der Waals surface area contributed by atoms with Crippen LogP contribution in [0.15, 0.2) is 18.2 Å². The largest absolute Gasteiger partial charge is 0.299 e. The van der Waals surface area contributed by atoms with E-state index in [1.807, 2.05) is 6.92 Å². The Kier molecular flexibility index (Phi) is 5.62. The third kappa shape index (κ3) is 4.02. The molecule has 18 heavy (non-hydrogen) atoms. The van der Waals surface area contributed by atoms with E-state index < -0.39 is 29.4 Å². The Morgan fingerprint density at radius 2 is 1.72 bits per heavy atom. The second-order valence-corrected chi connectivity index (χ2v) is 4.19. The molecule has 0 heterocycles. The summed E-state index contributed by atoms with van der Waals surface area (Å²) in [6, 6.07) is 3.21. The van der Waals surface area contributed by atoms with Gasteiger partial charge in [-0.05, 0) is 18.6 Å². The first-order valence-corrected chi connectivity index (χ1v) is 6.05. The van der Waals surface area contributed by atoms with Crippen molar-refractivity contribution in [3.8, 4) is 0 Å². The highest BCUT2D eigenvalue weighted by Crippen LogP contribution is 2.15. The zero-order valence-electron chi connectivity index (χ0n) is 10.3. The van der Waals surface area contributed by atoms with Gasteiger partial charge in [-0.1, -0.05) is 25.8 Å². The highest BCUT2D eigenvalue weighted by atomic mass is 19.1. The molecule has 1 rings (SSSR count). The lowest BCUT2D eigenvalue weighted by Crippen LogP contribution is -2.11. The van der Waals surface area contributed by atoms with Gasteiger partial charge in [-0.2, -0.15) is 0 Å². The van der Waals surface area contributed by atoms with Crippen molar-refractivity contribution in [2.75, 3.05) is 0 Å². The predicted octanol–water partition coefficient (Wildman–Crippen LogP) is 3.69. The summed E-state index contributed by atoms with van der Waals surface area (Å²) in [5, 5.41) is 0. The molecule has 98 valence electrons. The molecule has 0 aliphatic carbocycles. The maximum Gasteiger partial charge on any atom is 0.176 e. The fraction of sp³-hybridized carbons (Fsp3) is 0.429. The summed E-state index contributed by atoms with van der Waals surface area (Å²) in [5.74, 6) is -2.88. The van der Waals surface area contributed by atoms with Crippen molar-refractivity contribution in [3.63, 3.8) is 0 Å². The molecule has 1 aromatic carbocycles. The molecule has 1 aromatic rings. The molecule has 0 radical (unpaired) electrons. The SMILES string of the molecule is CCCCCC(=O)CC(=O)c1c(F)cccc1F. The Hall–Kier alpha value is -1.58. The van der Waals surface area contributed by atoms with Crippen LogP contribution in [-0.2, 0) is 4.79 Å². The number of carbonyl (C=O) groups excluding carboxylic acids is 2. The molecular weight excluding hydrogens is 238 g/mol. The first-order valence-electron chi connectivity index (χ1n) is 6.05. The van der Waals surface area contributed by atoms with Crippen LogP contribution in [0.1, 0.15) is 49.4 Å². The zero-order chi connectivity index (χ0) is 13.5. The molecule has 0 aliphatic heterocycles. The number of carbonyl (C=O) groups is 2. The van der Waals surface area contributed by atoms with Crippen LogP contribution in [0.4, 0.5) is 8.78 Å². The summed E-state index contributed by atoms with van der Waals surface area (Å²) >= 11 is 0. The van der Waals surface area contributed by atoms with Crippen LogP contribution in [0.2, 0.25) is 0 Å². The number of rotatable bonds is 7. The van der Waals surface area contributed by atoms with E-state index in [2.05, 4.69) is 0 Å². The average molecular weight is 254 g/mol. The first-order chi connectivity index (χ1) is 8.56. The highest BCUT2D eigenvalue weighted by molar-refractivity contribution is 6.08. The lowest BCUT2D eigenvalue weighted by Gasteiger charge is -2.03. The maximum absolute atomic E-state index is 13.3. The van der Waals surface area contributed by atoms with Gasteiger partial charge in [0.05, 0.1) is 12.0 Å². The van der Waals surface area contributed by atoms with Crippen LogP contribution in [0.3, 0.4) is 0 Å². The Morgan fingerprint density at radius 3 is 2.28 bits per heavy atom. The van der Waals surface area contributed by atoms with Crippen LogP contribution < -0.4 is 0 Å². The van der Waals surface area contributed by atoms with Gasteiger partial charge < -0.3 is 0 Å². The molecular formula is C14H16F2O2. The Morgan fingerprint density at radius 1 is 1.11 bits per heavy atom. The fourth-order valence-electron chi connectivity index (χ4n) is 1.69. The normalized spacial score (nSPS) is 10.4. The molecule has 0 saturated heterocycles. The number of unbranched alkanes of at least 4 members (excludes halogenated alkanes) is 2. The number of hydrogen-bond donors (Lipinski definition) is 0. The van der Waals surface area contributed by atoms with E-state index in [1.54, 1.807) is 0 Å². The number of benzene rings is 1. The quantitative estimate of drug-likeness (QED) is 0.422. The summed E-state index contributed by atoms with van der Waals surface area (Å²) in [6.07, 6.45) is 2.46. The Labute approximate surface area is 105 Å². The molecule has 0 fully saturated rings. The molecule has 0 bridgehead atoms. The van der Waals surface area contributed by atoms with Gasteiger partial charge in [0, 0.05) is 6.42 Å². The molecule has 0 spiro atoms. The van der Waals surface area contributed by atoms with Crippen molar-refractivity contribution in [3.05, 3.63) is 35.4 Å². The van der Waals surface area contributed by atoms with E-state index in [1.165, 1.54) is 6.07 Å². The average Bonchev–Trinajstić information content (AvgIpc) is 2.29. The summed E-state index contributed by atoms with van der Waals surface area (Å²) in [5.41, 5.74) is -0.610. The summed E-state index contributed by atoms with van der Waals surface area (Å²) in [7, 11) is 0. The molecule has 0 aromatic heterocycles. The number of halogens is 2. The Balaban J connectivity index is 2.63. The summed E-state index contributed by atoms with van der Waals surface area (Å²) < 4.78 is 26.6. The van der Waals surface area contributed by atoms with Crippen molar-refractivity contribution in [1.82, 2.24) is 0 Å². The molecule has 0 unspecified atom stereocenters. The smallest absolute Gasteiger partial charge is 0.176 e.